The van der Waals surface area contributed by atoms with Crippen molar-refractivity contribution in [2.24, 2.45) is 0 Å². The molecule has 0 saturated heterocycles. The van der Waals surface area contributed by atoms with Gasteiger partial charge in [-0.05, 0) is 58.5 Å². The summed E-state index contributed by atoms with van der Waals surface area (Å²) in [6.07, 6.45) is 2.24. The highest BCUT2D eigenvalue weighted by atomic mass is 16.5. The number of hydrogen-bond donors (Lipinski definition) is 0. The summed E-state index contributed by atoms with van der Waals surface area (Å²) in [7, 11) is 0. The lowest BCUT2D eigenvalue weighted by Gasteiger charge is -2.18. The molecule has 1 aliphatic rings. The minimum atomic E-state index is 0.850. The molecule has 0 atom stereocenters. The summed E-state index contributed by atoms with van der Waals surface area (Å²) in [5.41, 5.74) is 3.89. The summed E-state index contributed by atoms with van der Waals surface area (Å²) < 4.78 is 5.68. The Hall–Kier alpha value is -2.28. The molecule has 1 aliphatic heterocycles. The Balaban J connectivity index is 1.82. The molecule has 20 heavy (non-hydrogen) atoms. The Morgan fingerprint density at radius 2 is 1.55 bits per heavy atom. The molecule has 98 valence electrons. The lowest BCUT2D eigenvalue weighted by molar-refractivity contribution is 0.288. The minimum Gasteiger partial charge on any atom is -0.493 e. The van der Waals surface area contributed by atoms with Gasteiger partial charge >= 0.3 is 0 Å². The van der Waals surface area contributed by atoms with Crippen LogP contribution in [0.1, 0.15) is 12.0 Å². The molecule has 4 rings (SSSR count). The second-order valence-electron chi connectivity index (χ2n) is 5.34. The summed E-state index contributed by atoms with van der Waals surface area (Å²) in [6, 6.07) is 21.7. The van der Waals surface area contributed by atoms with Crippen LogP contribution in [-0.4, -0.2) is 6.61 Å². The van der Waals surface area contributed by atoms with Gasteiger partial charge in [0, 0.05) is 0 Å². The van der Waals surface area contributed by atoms with Gasteiger partial charge in [-0.15, -0.1) is 0 Å². The smallest absolute Gasteiger partial charge is 0.122 e. The van der Waals surface area contributed by atoms with Crippen molar-refractivity contribution in [3.63, 3.8) is 0 Å². The highest BCUT2D eigenvalue weighted by Crippen LogP contribution is 2.31. The number of fused-ring (bicyclic) bond motifs is 2. The van der Waals surface area contributed by atoms with Crippen LogP contribution in [0.2, 0.25) is 0 Å². The van der Waals surface area contributed by atoms with Crippen LogP contribution in [0.4, 0.5) is 0 Å². The second kappa shape index (κ2) is 4.68. The molecule has 0 amide bonds. The summed E-state index contributed by atoms with van der Waals surface area (Å²) >= 11 is 0. The zero-order chi connectivity index (χ0) is 13.4. The van der Waals surface area contributed by atoms with E-state index < -0.39 is 0 Å². The Labute approximate surface area is 118 Å². The summed E-state index contributed by atoms with van der Waals surface area (Å²) in [6.45, 7) is 0.850. The highest BCUT2D eigenvalue weighted by molar-refractivity contribution is 5.87. The van der Waals surface area contributed by atoms with Gasteiger partial charge in [-0.3, -0.25) is 0 Å². The van der Waals surface area contributed by atoms with E-state index >= 15 is 0 Å². The molecule has 0 aromatic heterocycles. The maximum Gasteiger partial charge on any atom is 0.122 e. The van der Waals surface area contributed by atoms with E-state index in [1.165, 1.54) is 27.5 Å². The molecular formula is C19H16O. The molecule has 0 saturated carbocycles. The number of hydrogen-bond acceptors (Lipinski definition) is 1. The minimum absolute atomic E-state index is 0.850. The van der Waals surface area contributed by atoms with Crippen LogP contribution in [0.5, 0.6) is 5.75 Å². The fraction of sp³-hybridized carbons (Fsp3) is 0.158. The molecule has 0 spiro atoms. The van der Waals surface area contributed by atoms with Crippen LogP contribution < -0.4 is 4.74 Å². The van der Waals surface area contributed by atoms with E-state index in [-0.39, 0.29) is 0 Å². The summed E-state index contributed by atoms with van der Waals surface area (Å²) in [4.78, 5) is 0. The van der Waals surface area contributed by atoms with E-state index in [2.05, 4.69) is 60.7 Å². The topological polar surface area (TPSA) is 9.23 Å². The Morgan fingerprint density at radius 1 is 0.750 bits per heavy atom. The molecule has 3 aromatic carbocycles. The predicted molar refractivity (Wildman–Crippen MR) is 83.2 cm³/mol. The van der Waals surface area contributed by atoms with E-state index in [1.807, 2.05) is 0 Å². The third-order valence-electron chi connectivity index (χ3n) is 3.99. The van der Waals surface area contributed by atoms with Gasteiger partial charge in [0.05, 0.1) is 6.61 Å². The third-order valence-corrected chi connectivity index (χ3v) is 3.99. The van der Waals surface area contributed by atoms with Crippen molar-refractivity contribution in [1.82, 2.24) is 0 Å². The molecule has 0 unspecified atom stereocenters. The monoisotopic (exact) mass is 260 g/mol. The number of rotatable bonds is 1. The average Bonchev–Trinajstić information content (AvgIpc) is 2.54. The Morgan fingerprint density at radius 3 is 2.50 bits per heavy atom. The van der Waals surface area contributed by atoms with Crippen LogP contribution in [0.15, 0.2) is 60.7 Å². The first kappa shape index (κ1) is 11.5. The van der Waals surface area contributed by atoms with Gasteiger partial charge in [0.2, 0.25) is 0 Å². The van der Waals surface area contributed by atoms with E-state index in [1.54, 1.807) is 0 Å². The van der Waals surface area contributed by atoms with Crippen molar-refractivity contribution in [3.8, 4) is 16.9 Å². The van der Waals surface area contributed by atoms with E-state index in [4.69, 9.17) is 4.74 Å². The fourth-order valence-electron chi connectivity index (χ4n) is 2.91. The van der Waals surface area contributed by atoms with E-state index in [9.17, 15) is 0 Å². The average molecular weight is 260 g/mol. The lowest BCUT2D eigenvalue weighted by Crippen LogP contribution is -2.07. The second-order valence-corrected chi connectivity index (χ2v) is 5.34. The highest BCUT2D eigenvalue weighted by Gasteiger charge is 2.11. The number of benzene rings is 3. The largest absolute Gasteiger partial charge is 0.493 e. The molecular weight excluding hydrogens is 244 g/mol. The van der Waals surface area contributed by atoms with Crippen molar-refractivity contribution in [2.45, 2.75) is 12.8 Å². The predicted octanol–water partition coefficient (Wildman–Crippen LogP) is 4.83. The molecule has 1 heteroatoms. The molecule has 0 aliphatic carbocycles. The third kappa shape index (κ3) is 1.96. The van der Waals surface area contributed by atoms with Crippen molar-refractivity contribution in [1.29, 1.82) is 0 Å². The molecule has 1 nitrogen and oxygen atoms in total. The normalized spacial score (nSPS) is 13.8. The van der Waals surface area contributed by atoms with Gasteiger partial charge in [0.25, 0.3) is 0 Å². The zero-order valence-electron chi connectivity index (χ0n) is 11.3. The zero-order valence-corrected chi connectivity index (χ0v) is 11.3. The maximum absolute atomic E-state index is 5.68. The van der Waals surface area contributed by atoms with Gasteiger partial charge in [0.1, 0.15) is 5.75 Å². The lowest BCUT2D eigenvalue weighted by atomic mass is 9.97. The van der Waals surface area contributed by atoms with Gasteiger partial charge in [-0.2, -0.15) is 0 Å². The van der Waals surface area contributed by atoms with Crippen LogP contribution in [0.25, 0.3) is 21.9 Å². The SMILES string of the molecule is c1ccc2cc(-c3ccc4c(c3)CCCO4)ccc2c1. The van der Waals surface area contributed by atoms with Crippen molar-refractivity contribution < 1.29 is 4.74 Å². The molecule has 0 radical (unpaired) electrons. The van der Waals surface area contributed by atoms with Gasteiger partial charge in [-0.25, -0.2) is 0 Å². The first-order valence-corrected chi connectivity index (χ1v) is 7.15. The van der Waals surface area contributed by atoms with Crippen LogP contribution in [0, 0.1) is 0 Å². The maximum atomic E-state index is 5.68. The van der Waals surface area contributed by atoms with Crippen LogP contribution in [0.3, 0.4) is 0 Å². The molecule has 1 heterocycles. The van der Waals surface area contributed by atoms with Crippen molar-refractivity contribution in [2.75, 3.05) is 6.61 Å². The molecule has 0 bridgehead atoms. The Bertz CT molecular complexity index is 774. The quantitative estimate of drug-likeness (QED) is 0.609. The molecule has 3 aromatic rings. The first-order chi connectivity index (χ1) is 9.90. The van der Waals surface area contributed by atoms with Gasteiger partial charge in [-0.1, -0.05) is 42.5 Å². The Kier molecular flexibility index (Phi) is 2.70. The summed E-state index contributed by atoms with van der Waals surface area (Å²) in [5.74, 6) is 1.06. The first-order valence-electron chi connectivity index (χ1n) is 7.15. The van der Waals surface area contributed by atoms with E-state index in [0.29, 0.717) is 0 Å². The van der Waals surface area contributed by atoms with Gasteiger partial charge in [0.15, 0.2) is 0 Å². The fourth-order valence-corrected chi connectivity index (χ4v) is 2.91. The van der Waals surface area contributed by atoms with Gasteiger partial charge < -0.3 is 4.74 Å². The van der Waals surface area contributed by atoms with Crippen molar-refractivity contribution >= 4 is 10.8 Å². The number of ether oxygens (including phenoxy) is 1. The standard InChI is InChI=1S/C19H16O/c1-2-5-15-12-16(8-7-14(15)4-1)17-9-10-19-18(13-17)6-3-11-20-19/h1-2,4-5,7-10,12-13H,3,6,11H2. The van der Waals surface area contributed by atoms with Crippen LogP contribution in [-0.2, 0) is 6.42 Å². The number of aryl methyl sites for hydroxylation is 1. The summed E-state index contributed by atoms with van der Waals surface area (Å²) in [5, 5.41) is 2.58. The molecule has 0 N–H and O–H groups in total. The van der Waals surface area contributed by atoms with E-state index in [0.717, 1.165) is 25.2 Å². The molecule has 0 fully saturated rings. The van der Waals surface area contributed by atoms with Crippen LogP contribution >= 0.6 is 0 Å². The van der Waals surface area contributed by atoms with Crippen molar-refractivity contribution in [3.05, 3.63) is 66.2 Å².